The number of hydrogen-bond donors (Lipinski definition) is 4. The maximum atomic E-state index is 12.7. The molecule has 0 bridgehead atoms. The highest BCUT2D eigenvalue weighted by atomic mass is 16.3. The van der Waals surface area contributed by atoms with E-state index in [0.29, 0.717) is 50.1 Å². The summed E-state index contributed by atoms with van der Waals surface area (Å²) in [6.45, 7) is 8.20. The van der Waals surface area contributed by atoms with Crippen LogP contribution < -0.4 is 11.5 Å². The van der Waals surface area contributed by atoms with Crippen LogP contribution in [0, 0.1) is 13.8 Å². The molecule has 0 aliphatic carbocycles. The molecule has 10 nitrogen and oxygen atoms in total. The Morgan fingerprint density at radius 2 is 1.04 bits per heavy atom. The molecule has 2 amide bonds. The fraction of sp³-hybridized carbons (Fsp3) is 0.333. The molecule has 10 heteroatoms. The first-order chi connectivity index (χ1) is 22.2. The first-order valence-electron chi connectivity index (χ1n) is 15.7. The molecule has 2 aromatic carbocycles. The summed E-state index contributed by atoms with van der Waals surface area (Å²) in [7, 11) is 0. The van der Waals surface area contributed by atoms with Gasteiger partial charge in [-0.25, -0.2) is 9.97 Å². The monoisotopic (exact) mass is 620 g/mol. The standard InChI is InChI=1S/C36H40N6O4/c1-21-25(5-3-7-27(21)29-17-23-19-41(13-15-43)11-9-31(23)39-33(29)35(37)45)26-6-4-8-28(22(26)2)30-18-24-20-42(14-16-44)12-10-32(24)40-34(30)36(38)46/h3-8,17-18,43-44H,9-16,19-20H2,1-2H3,(H2,37,45)(H2,38,46). The van der Waals surface area contributed by atoms with Gasteiger partial charge < -0.3 is 21.7 Å². The lowest BCUT2D eigenvalue weighted by atomic mass is 9.86. The van der Waals surface area contributed by atoms with E-state index in [1.165, 1.54) is 0 Å². The van der Waals surface area contributed by atoms with Crippen molar-refractivity contribution in [3.63, 3.8) is 0 Å². The van der Waals surface area contributed by atoms with E-state index >= 15 is 0 Å². The van der Waals surface area contributed by atoms with Crippen LogP contribution in [-0.4, -0.2) is 81.2 Å². The fourth-order valence-corrected chi connectivity index (χ4v) is 6.95. The summed E-state index contributed by atoms with van der Waals surface area (Å²) in [5.41, 5.74) is 23.0. The lowest BCUT2D eigenvalue weighted by Gasteiger charge is -2.28. The van der Waals surface area contributed by atoms with E-state index < -0.39 is 11.8 Å². The van der Waals surface area contributed by atoms with Gasteiger partial charge in [0.15, 0.2) is 0 Å². The second-order valence-corrected chi connectivity index (χ2v) is 12.2. The van der Waals surface area contributed by atoms with E-state index in [0.717, 1.165) is 69.0 Å². The van der Waals surface area contributed by atoms with Crippen molar-refractivity contribution in [3.8, 4) is 33.4 Å². The van der Waals surface area contributed by atoms with E-state index in [9.17, 15) is 19.8 Å². The average Bonchev–Trinajstić information content (AvgIpc) is 3.04. The molecule has 0 radical (unpaired) electrons. The number of aliphatic hydroxyl groups excluding tert-OH is 2. The molecule has 0 saturated carbocycles. The van der Waals surface area contributed by atoms with Gasteiger partial charge in [0.05, 0.1) is 13.2 Å². The van der Waals surface area contributed by atoms with E-state index in [4.69, 9.17) is 21.4 Å². The Kier molecular flexibility index (Phi) is 8.97. The zero-order chi connectivity index (χ0) is 32.5. The third-order valence-corrected chi connectivity index (χ3v) is 9.34. The highest BCUT2D eigenvalue weighted by molar-refractivity contribution is 6.00. The summed E-state index contributed by atoms with van der Waals surface area (Å²) < 4.78 is 0. The molecule has 0 spiro atoms. The number of aliphatic hydroxyl groups is 2. The number of aromatic nitrogens is 2. The summed E-state index contributed by atoms with van der Waals surface area (Å²) in [6.07, 6.45) is 1.37. The summed E-state index contributed by atoms with van der Waals surface area (Å²) >= 11 is 0. The van der Waals surface area contributed by atoms with E-state index in [-0.39, 0.29) is 24.6 Å². The molecule has 4 aromatic rings. The number of β-amino-alcohol motifs (C(OH)–C–C–N with tert-alkyl or cyclic N) is 2. The molecule has 6 rings (SSSR count). The first-order valence-corrected chi connectivity index (χ1v) is 15.7. The zero-order valence-electron chi connectivity index (χ0n) is 26.3. The Hall–Kier alpha value is -4.48. The zero-order valence-corrected chi connectivity index (χ0v) is 26.3. The second-order valence-electron chi connectivity index (χ2n) is 12.2. The van der Waals surface area contributed by atoms with Crippen LogP contribution in [-0.2, 0) is 25.9 Å². The summed E-state index contributed by atoms with van der Waals surface area (Å²) in [5.74, 6) is -1.15. The fourth-order valence-electron chi connectivity index (χ4n) is 6.95. The van der Waals surface area contributed by atoms with Crippen LogP contribution in [0.2, 0.25) is 0 Å². The molecular weight excluding hydrogens is 580 g/mol. The number of benzene rings is 2. The van der Waals surface area contributed by atoms with Crippen LogP contribution in [0.1, 0.15) is 54.6 Å². The molecule has 46 heavy (non-hydrogen) atoms. The Balaban J connectivity index is 1.45. The number of carbonyl (C=O) groups is 2. The van der Waals surface area contributed by atoms with Crippen LogP contribution in [0.3, 0.4) is 0 Å². The van der Waals surface area contributed by atoms with Gasteiger partial charge in [-0.2, -0.15) is 0 Å². The average molecular weight is 621 g/mol. The Morgan fingerprint density at radius 1 is 0.674 bits per heavy atom. The number of rotatable bonds is 9. The number of amides is 2. The summed E-state index contributed by atoms with van der Waals surface area (Å²) in [6, 6.07) is 16.1. The normalized spacial score (nSPS) is 15.0. The van der Waals surface area contributed by atoms with Gasteiger partial charge >= 0.3 is 0 Å². The van der Waals surface area contributed by atoms with Crippen molar-refractivity contribution in [2.75, 3.05) is 39.4 Å². The minimum atomic E-state index is -0.574. The maximum Gasteiger partial charge on any atom is 0.267 e. The molecule has 6 N–H and O–H groups in total. The van der Waals surface area contributed by atoms with Crippen molar-refractivity contribution in [3.05, 3.63) is 93.6 Å². The van der Waals surface area contributed by atoms with Gasteiger partial charge in [0.25, 0.3) is 11.8 Å². The number of nitrogens with zero attached hydrogens (tertiary/aromatic N) is 4. The van der Waals surface area contributed by atoms with Gasteiger partial charge in [-0.1, -0.05) is 36.4 Å². The van der Waals surface area contributed by atoms with Gasteiger partial charge in [-0.3, -0.25) is 19.4 Å². The van der Waals surface area contributed by atoms with Gasteiger partial charge in [0.2, 0.25) is 0 Å². The van der Waals surface area contributed by atoms with Crippen molar-refractivity contribution in [1.82, 2.24) is 19.8 Å². The lowest BCUT2D eigenvalue weighted by molar-refractivity contribution is 0.0987. The van der Waals surface area contributed by atoms with Crippen molar-refractivity contribution in [2.45, 2.75) is 39.8 Å². The number of pyridine rings is 2. The minimum Gasteiger partial charge on any atom is -0.395 e. The molecule has 2 aliphatic heterocycles. The molecule has 0 unspecified atom stereocenters. The van der Waals surface area contributed by atoms with Crippen molar-refractivity contribution in [2.24, 2.45) is 11.5 Å². The third kappa shape index (κ3) is 5.92. The van der Waals surface area contributed by atoms with Crippen molar-refractivity contribution < 1.29 is 19.8 Å². The van der Waals surface area contributed by atoms with Crippen LogP contribution in [0.5, 0.6) is 0 Å². The molecular formula is C36H40N6O4. The predicted molar refractivity (Wildman–Crippen MR) is 177 cm³/mol. The minimum absolute atomic E-state index is 0.0825. The molecule has 4 heterocycles. The van der Waals surface area contributed by atoms with Crippen LogP contribution in [0.4, 0.5) is 0 Å². The molecule has 2 aromatic heterocycles. The van der Waals surface area contributed by atoms with Gasteiger partial charge in [-0.15, -0.1) is 0 Å². The smallest absolute Gasteiger partial charge is 0.267 e. The maximum absolute atomic E-state index is 12.7. The highest BCUT2D eigenvalue weighted by Crippen LogP contribution is 2.39. The van der Waals surface area contributed by atoms with E-state index in [2.05, 4.69) is 21.9 Å². The number of primary amides is 2. The van der Waals surface area contributed by atoms with E-state index in [1.807, 2.05) is 50.2 Å². The largest absolute Gasteiger partial charge is 0.395 e. The number of nitrogens with two attached hydrogens (primary N) is 2. The van der Waals surface area contributed by atoms with Crippen LogP contribution in [0.25, 0.3) is 33.4 Å². The van der Waals surface area contributed by atoms with Gasteiger partial charge in [-0.05, 0) is 70.5 Å². The summed E-state index contributed by atoms with van der Waals surface area (Å²) in [5, 5.41) is 19.0. The molecule has 0 atom stereocenters. The second kappa shape index (κ2) is 13.1. The molecule has 0 saturated heterocycles. The number of fused-ring (bicyclic) bond motifs is 2. The molecule has 238 valence electrons. The lowest BCUT2D eigenvalue weighted by Crippen LogP contribution is -2.34. The van der Waals surface area contributed by atoms with Crippen LogP contribution in [0.15, 0.2) is 48.5 Å². The van der Waals surface area contributed by atoms with Gasteiger partial charge in [0, 0.05) is 74.6 Å². The predicted octanol–water partition coefficient (Wildman–Crippen LogP) is 2.99. The molecule has 2 aliphatic rings. The SMILES string of the molecule is Cc1c(-c2cc3c(nc2C(N)=O)CCN(CCO)C3)cccc1-c1cccc(-c2cc3c(nc2C(N)=O)CCN(CCO)C3)c1C. The topological polar surface area (TPSA) is 159 Å². The summed E-state index contributed by atoms with van der Waals surface area (Å²) in [4.78, 5) is 39.2. The van der Waals surface area contributed by atoms with Crippen molar-refractivity contribution in [1.29, 1.82) is 0 Å². The third-order valence-electron chi connectivity index (χ3n) is 9.34. The number of hydrogen-bond acceptors (Lipinski definition) is 8. The quantitative estimate of drug-likeness (QED) is 0.222. The Morgan fingerprint density at radius 3 is 1.39 bits per heavy atom. The number of carbonyl (C=O) groups excluding carboxylic acids is 2. The Bertz CT molecular complexity index is 1710. The van der Waals surface area contributed by atoms with Crippen molar-refractivity contribution >= 4 is 11.8 Å². The first kappa shape index (κ1) is 31.5. The van der Waals surface area contributed by atoms with E-state index in [1.54, 1.807) is 0 Å². The van der Waals surface area contributed by atoms with Crippen LogP contribution >= 0.6 is 0 Å². The molecule has 0 fully saturated rings. The Labute approximate surface area is 268 Å². The van der Waals surface area contributed by atoms with Gasteiger partial charge in [0.1, 0.15) is 11.4 Å². The highest BCUT2D eigenvalue weighted by Gasteiger charge is 2.26.